The minimum atomic E-state index is 0.724. The summed E-state index contributed by atoms with van der Waals surface area (Å²) in [5.74, 6) is 0.750. The van der Waals surface area contributed by atoms with Crippen LogP contribution < -0.4 is 4.90 Å². The first-order valence-corrected chi connectivity index (χ1v) is 7.45. The van der Waals surface area contributed by atoms with Gasteiger partial charge >= 0.3 is 0 Å². The summed E-state index contributed by atoms with van der Waals surface area (Å²) in [6.45, 7) is 1.03. The topological polar surface area (TPSA) is 16.1 Å². The molecule has 1 aromatic carbocycles. The molecule has 4 heteroatoms. The first kappa shape index (κ1) is 14.4. The second-order valence-corrected chi connectivity index (χ2v) is 5.48. The lowest BCUT2D eigenvalue weighted by atomic mass is 10.1. The molecule has 0 radical (unpaired) electrons. The Kier molecular flexibility index (Phi) is 5.29. The van der Waals surface area contributed by atoms with Gasteiger partial charge in [-0.1, -0.05) is 18.0 Å². The van der Waals surface area contributed by atoms with Crippen LogP contribution in [0, 0.1) is 0 Å². The number of hydrogen-bond donors (Lipinski definition) is 0. The quantitative estimate of drug-likeness (QED) is 0.566. The Morgan fingerprint density at radius 2 is 2.00 bits per heavy atom. The zero-order chi connectivity index (χ0) is 13.7. The Bertz CT molecular complexity index is 543. The van der Waals surface area contributed by atoms with Gasteiger partial charge in [0.1, 0.15) is 0 Å². The smallest absolute Gasteiger partial charge is 0.0737 e. The van der Waals surface area contributed by atoms with E-state index in [-0.39, 0.29) is 0 Å². The summed E-state index contributed by atoms with van der Waals surface area (Å²) in [6, 6.07) is 7.91. The number of benzene rings is 1. The average Bonchev–Trinajstić information content (AvgIpc) is 2.42. The van der Waals surface area contributed by atoms with Gasteiger partial charge in [-0.25, -0.2) is 0 Å². The van der Waals surface area contributed by atoms with Crippen LogP contribution in [0.4, 0.5) is 5.69 Å². The van der Waals surface area contributed by atoms with E-state index in [1.807, 2.05) is 24.4 Å². The first-order chi connectivity index (χ1) is 9.22. The maximum atomic E-state index is 6.00. The van der Waals surface area contributed by atoms with Crippen molar-refractivity contribution in [3.05, 3.63) is 35.5 Å². The zero-order valence-corrected chi connectivity index (χ0v) is 12.6. The van der Waals surface area contributed by atoms with Crippen LogP contribution in [0.5, 0.6) is 0 Å². The predicted molar refractivity (Wildman–Crippen MR) is 84.6 cm³/mol. The van der Waals surface area contributed by atoms with E-state index in [1.165, 1.54) is 12.1 Å². The van der Waals surface area contributed by atoms with Crippen LogP contribution in [0.1, 0.15) is 19.3 Å². The molecule has 2 rings (SSSR count). The average molecular weight is 297 g/mol. The molecule has 0 saturated carbocycles. The van der Waals surface area contributed by atoms with Gasteiger partial charge in [0, 0.05) is 41.8 Å². The van der Waals surface area contributed by atoms with Gasteiger partial charge < -0.3 is 4.90 Å². The lowest BCUT2D eigenvalue weighted by Crippen LogP contribution is -2.18. The predicted octanol–water partition coefficient (Wildman–Crippen LogP) is 4.73. The standard InChI is InChI=1S/C15H18Cl2N2/c1-19(10-4-2-3-8-16)15-7-9-18-14-11-12(17)5-6-13(14)15/h5-7,9,11H,2-4,8,10H2,1H3. The molecule has 19 heavy (non-hydrogen) atoms. The van der Waals surface area contributed by atoms with Crippen LogP contribution in [-0.2, 0) is 0 Å². The third-order valence-electron chi connectivity index (χ3n) is 3.22. The van der Waals surface area contributed by atoms with Gasteiger partial charge in [0.15, 0.2) is 0 Å². The highest BCUT2D eigenvalue weighted by molar-refractivity contribution is 6.31. The summed E-state index contributed by atoms with van der Waals surface area (Å²) in [4.78, 5) is 6.64. The lowest BCUT2D eigenvalue weighted by Gasteiger charge is -2.20. The summed E-state index contributed by atoms with van der Waals surface area (Å²) in [6.07, 6.45) is 5.24. The molecular formula is C15H18Cl2N2. The molecule has 0 bridgehead atoms. The van der Waals surface area contributed by atoms with Crippen molar-refractivity contribution < 1.29 is 0 Å². The molecule has 0 spiro atoms. The van der Waals surface area contributed by atoms with E-state index in [2.05, 4.69) is 23.0 Å². The van der Waals surface area contributed by atoms with E-state index in [0.29, 0.717) is 0 Å². The van der Waals surface area contributed by atoms with Crippen LogP contribution in [0.15, 0.2) is 30.5 Å². The van der Waals surface area contributed by atoms with Crippen molar-refractivity contribution in [2.24, 2.45) is 0 Å². The number of unbranched alkanes of at least 4 members (excludes halogenated alkanes) is 2. The van der Waals surface area contributed by atoms with Crippen LogP contribution in [0.25, 0.3) is 10.9 Å². The van der Waals surface area contributed by atoms with Crippen molar-refractivity contribution in [1.29, 1.82) is 0 Å². The Morgan fingerprint density at radius 3 is 2.79 bits per heavy atom. The molecule has 0 amide bonds. The lowest BCUT2D eigenvalue weighted by molar-refractivity contribution is 0.708. The Morgan fingerprint density at radius 1 is 1.16 bits per heavy atom. The molecule has 0 aliphatic heterocycles. The van der Waals surface area contributed by atoms with Crippen LogP contribution in [0.3, 0.4) is 0 Å². The minimum Gasteiger partial charge on any atom is -0.374 e. The van der Waals surface area contributed by atoms with Gasteiger partial charge in [-0.15, -0.1) is 11.6 Å². The summed E-state index contributed by atoms with van der Waals surface area (Å²) in [7, 11) is 2.12. The first-order valence-electron chi connectivity index (χ1n) is 6.54. The maximum Gasteiger partial charge on any atom is 0.0737 e. The molecule has 0 saturated heterocycles. The Hall–Kier alpha value is -0.990. The number of alkyl halides is 1. The fourth-order valence-corrected chi connectivity index (χ4v) is 2.54. The number of nitrogens with zero attached hydrogens (tertiary/aromatic N) is 2. The molecule has 2 aromatic rings. The molecule has 102 valence electrons. The fourth-order valence-electron chi connectivity index (χ4n) is 2.18. The second-order valence-electron chi connectivity index (χ2n) is 4.66. The summed E-state index contributed by atoms with van der Waals surface area (Å²) >= 11 is 11.7. The minimum absolute atomic E-state index is 0.724. The summed E-state index contributed by atoms with van der Waals surface area (Å²) in [5, 5.41) is 1.87. The second kappa shape index (κ2) is 6.97. The number of fused-ring (bicyclic) bond motifs is 1. The normalized spacial score (nSPS) is 10.9. The number of halogens is 2. The van der Waals surface area contributed by atoms with Crippen molar-refractivity contribution in [2.45, 2.75) is 19.3 Å². The molecule has 2 nitrogen and oxygen atoms in total. The molecule has 0 aliphatic carbocycles. The highest BCUT2D eigenvalue weighted by atomic mass is 35.5. The van der Waals surface area contributed by atoms with Gasteiger partial charge in [-0.2, -0.15) is 0 Å². The molecule has 0 N–H and O–H groups in total. The van der Waals surface area contributed by atoms with Crippen molar-refractivity contribution >= 4 is 39.8 Å². The van der Waals surface area contributed by atoms with Crippen molar-refractivity contribution in [3.63, 3.8) is 0 Å². The van der Waals surface area contributed by atoms with E-state index in [1.54, 1.807) is 0 Å². The molecular weight excluding hydrogens is 279 g/mol. The zero-order valence-electron chi connectivity index (χ0n) is 11.1. The third kappa shape index (κ3) is 3.74. The van der Waals surface area contributed by atoms with Crippen molar-refractivity contribution in [1.82, 2.24) is 4.98 Å². The third-order valence-corrected chi connectivity index (χ3v) is 3.72. The SMILES string of the molecule is CN(CCCCCCl)c1ccnc2cc(Cl)ccc12. The fraction of sp³-hybridized carbons (Fsp3) is 0.400. The van der Waals surface area contributed by atoms with Gasteiger partial charge in [0.05, 0.1) is 5.52 Å². The van der Waals surface area contributed by atoms with Gasteiger partial charge in [-0.05, 0) is 37.1 Å². The number of anilines is 1. The molecule has 1 heterocycles. The highest BCUT2D eigenvalue weighted by Gasteiger charge is 2.06. The van der Waals surface area contributed by atoms with Gasteiger partial charge in [0.2, 0.25) is 0 Å². The van der Waals surface area contributed by atoms with E-state index >= 15 is 0 Å². The Labute approximate surface area is 124 Å². The number of rotatable bonds is 6. The van der Waals surface area contributed by atoms with E-state index in [9.17, 15) is 0 Å². The van der Waals surface area contributed by atoms with Crippen LogP contribution >= 0.6 is 23.2 Å². The van der Waals surface area contributed by atoms with E-state index in [4.69, 9.17) is 23.2 Å². The van der Waals surface area contributed by atoms with Gasteiger partial charge in [-0.3, -0.25) is 4.98 Å². The number of hydrogen-bond acceptors (Lipinski definition) is 2. The number of aromatic nitrogens is 1. The van der Waals surface area contributed by atoms with Crippen LogP contribution in [-0.4, -0.2) is 24.5 Å². The van der Waals surface area contributed by atoms with Gasteiger partial charge in [0.25, 0.3) is 0 Å². The molecule has 0 aliphatic rings. The largest absolute Gasteiger partial charge is 0.374 e. The highest BCUT2D eigenvalue weighted by Crippen LogP contribution is 2.26. The van der Waals surface area contributed by atoms with Crippen molar-refractivity contribution in [3.8, 4) is 0 Å². The molecule has 1 aromatic heterocycles. The summed E-state index contributed by atoms with van der Waals surface area (Å²) < 4.78 is 0. The van der Waals surface area contributed by atoms with E-state index < -0.39 is 0 Å². The van der Waals surface area contributed by atoms with Crippen molar-refractivity contribution in [2.75, 3.05) is 24.4 Å². The molecule has 0 atom stereocenters. The monoisotopic (exact) mass is 296 g/mol. The molecule has 0 fully saturated rings. The number of pyridine rings is 1. The van der Waals surface area contributed by atoms with Crippen LogP contribution in [0.2, 0.25) is 5.02 Å². The van der Waals surface area contributed by atoms with E-state index in [0.717, 1.165) is 41.2 Å². The molecule has 0 unspecified atom stereocenters. The Balaban J connectivity index is 2.15. The summed E-state index contributed by atoms with van der Waals surface area (Å²) in [5.41, 5.74) is 2.14. The maximum absolute atomic E-state index is 6.00.